The maximum atomic E-state index is 13.1. The number of rotatable bonds is 2. The van der Waals surface area contributed by atoms with Gasteiger partial charge in [-0.05, 0) is 51.8 Å². The molecule has 0 aliphatic carbocycles. The average Bonchev–Trinajstić information content (AvgIpc) is 3.25. The SMILES string of the molecule is Cc1occc1C(=O)N1CCC2(CC1)CC(C(=O)N1CCN(C)CC1)N(C)C2. The first-order chi connectivity index (χ1) is 13.4. The van der Waals surface area contributed by atoms with Gasteiger partial charge in [-0.3, -0.25) is 14.5 Å². The Hall–Kier alpha value is -1.86. The fourth-order valence-electron chi connectivity index (χ4n) is 5.11. The summed E-state index contributed by atoms with van der Waals surface area (Å²) >= 11 is 0. The maximum Gasteiger partial charge on any atom is 0.257 e. The van der Waals surface area contributed by atoms with Gasteiger partial charge >= 0.3 is 0 Å². The molecule has 154 valence electrons. The zero-order chi connectivity index (χ0) is 19.9. The third-order valence-electron chi connectivity index (χ3n) is 7.04. The van der Waals surface area contributed by atoms with E-state index in [1.54, 1.807) is 12.3 Å². The second-order valence-electron chi connectivity index (χ2n) is 8.95. The first kappa shape index (κ1) is 19.5. The van der Waals surface area contributed by atoms with E-state index in [-0.39, 0.29) is 17.4 Å². The molecule has 1 aromatic rings. The summed E-state index contributed by atoms with van der Waals surface area (Å²) in [6.45, 7) is 7.87. The fraction of sp³-hybridized carbons (Fsp3) is 0.714. The average molecular weight is 389 g/mol. The predicted molar refractivity (Wildman–Crippen MR) is 106 cm³/mol. The number of furan rings is 1. The summed E-state index contributed by atoms with van der Waals surface area (Å²) in [4.78, 5) is 34.4. The van der Waals surface area contributed by atoms with Gasteiger partial charge in [0.15, 0.2) is 0 Å². The van der Waals surface area contributed by atoms with E-state index in [1.807, 2.05) is 16.7 Å². The van der Waals surface area contributed by atoms with E-state index in [0.29, 0.717) is 17.2 Å². The summed E-state index contributed by atoms with van der Waals surface area (Å²) < 4.78 is 5.29. The molecule has 3 saturated heterocycles. The highest BCUT2D eigenvalue weighted by molar-refractivity contribution is 5.95. The van der Waals surface area contributed by atoms with E-state index >= 15 is 0 Å². The van der Waals surface area contributed by atoms with Gasteiger partial charge in [0.1, 0.15) is 5.76 Å². The minimum atomic E-state index is -0.0122. The number of hydrogen-bond donors (Lipinski definition) is 0. The molecule has 4 heterocycles. The Balaban J connectivity index is 1.36. The van der Waals surface area contributed by atoms with Crippen LogP contribution >= 0.6 is 0 Å². The van der Waals surface area contributed by atoms with Crippen LogP contribution in [0.1, 0.15) is 35.4 Å². The molecule has 7 nitrogen and oxygen atoms in total. The van der Waals surface area contributed by atoms with Crippen molar-refractivity contribution >= 4 is 11.8 Å². The predicted octanol–water partition coefficient (Wildman–Crippen LogP) is 1.29. The molecule has 1 unspecified atom stereocenters. The Kier molecular flexibility index (Phi) is 5.22. The quantitative estimate of drug-likeness (QED) is 0.764. The minimum absolute atomic E-state index is 0.0122. The fourth-order valence-corrected chi connectivity index (χ4v) is 5.11. The molecule has 0 N–H and O–H groups in total. The van der Waals surface area contributed by atoms with E-state index in [2.05, 4.69) is 23.9 Å². The first-order valence-electron chi connectivity index (χ1n) is 10.4. The summed E-state index contributed by atoms with van der Waals surface area (Å²) in [5, 5.41) is 0. The Morgan fingerprint density at radius 3 is 2.32 bits per heavy atom. The lowest BCUT2D eigenvalue weighted by atomic mass is 9.76. The smallest absolute Gasteiger partial charge is 0.257 e. The number of amides is 2. The van der Waals surface area contributed by atoms with Gasteiger partial charge in [0.25, 0.3) is 5.91 Å². The van der Waals surface area contributed by atoms with E-state index in [9.17, 15) is 9.59 Å². The monoisotopic (exact) mass is 388 g/mol. The number of carbonyl (C=O) groups excluding carboxylic acids is 2. The van der Waals surface area contributed by atoms with Gasteiger partial charge in [-0.2, -0.15) is 0 Å². The van der Waals surface area contributed by atoms with Crippen LogP contribution in [0, 0.1) is 12.3 Å². The Bertz CT molecular complexity index is 730. The van der Waals surface area contributed by atoms with Gasteiger partial charge in [-0.15, -0.1) is 0 Å². The van der Waals surface area contributed by atoms with Crippen LogP contribution in [0.25, 0.3) is 0 Å². The molecule has 3 fully saturated rings. The molecule has 2 amide bonds. The lowest BCUT2D eigenvalue weighted by Gasteiger charge is -2.39. The Morgan fingerprint density at radius 2 is 1.71 bits per heavy atom. The topological polar surface area (TPSA) is 60.2 Å². The third kappa shape index (κ3) is 3.57. The zero-order valence-corrected chi connectivity index (χ0v) is 17.3. The van der Waals surface area contributed by atoms with Crippen molar-refractivity contribution in [2.45, 2.75) is 32.2 Å². The van der Waals surface area contributed by atoms with Crippen molar-refractivity contribution in [2.24, 2.45) is 5.41 Å². The number of likely N-dealkylation sites (N-methyl/N-ethyl adjacent to an activating group) is 2. The molecule has 0 aromatic carbocycles. The van der Waals surface area contributed by atoms with Crippen molar-refractivity contribution in [1.29, 1.82) is 0 Å². The normalized spacial score (nSPS) is 26.2. The second-order valence-corrected chi connectivity index (χ2v) is 8.95. The van der Waals surface area contributed by atoms with Gasteiger partial charge in [0, 0.05) is 45.8 Å². The van der Waals surface area contributed by atoms with E-state index in [1.165, 1.54) is 0 Å². The second kappa shape index (κ2) is 7.52. The largest absolute Gasteiger partial charge is 0.469 e. The molecular weight excluding hydrogens is 356 g/mol. The lowest BCUT2D eigenvalue weighted by molar-refractivity contribution is -0.137. The Labute approximate surface area is 167 Å². The highest BCUT2D eigenvalue weighted by atomic mass is 16.3. The van der Waals surface area contributed by atoms with Crippen LogP contribution in [-0.4, -0.2) is 97.4 Å². The Morgan fingerprint density at radius 1 is 1.04 bits per heavy atom. The van der Waals surface area contributed by atoms with Crippen molar-refractivity contribution in [3.8, 4) is 0 Å². The van der Waals surface area contributed by atoms with Gasteiger partial charge < -0.3 is 19.1 Å². The van der Waals surface area contributed by atoms with Crippen molar-refractivity contribution in [2.75, 3.05) is 59.9 Å². The van der Waals surface area contributed by atoms with Gasteiger partial charge in [-0.25, -0.2) is 0 Å². The van der Waals surface area contributed by atoms with E-state index < -0.39 is 0 Å². The minimum Gasteiger partial charge on any atom is -0.469 e. The maximum absolute atomic E-state index is 13.1. The number of aryl methyl sites for hydroxylation is 1. The number of nitrogens with zero attached hydrogens (tertiary/aromatic N) is 4. The van der Waals surface area contributed by atoms with Crippen LogP contribution in [-0.2, 0) is 4.79 Å². The summed E-state index contributed by atoms with van der Waals surface area (Å²) in [5.74, 6) is 1.04. The summed E-state index contributed by atoms with van der Waals surface area (Å²) in [6, 6.07) is 1.75. The highest BCUT2D eigenvalue weighted by Crippen LogP contribution is 2.43. The van der Waals surface area contributed by atoms with Crippen LogP contribution in [0.15, 0.2) is 16.7 Å². The number of piperazine rings is 1. The standard InChI is InChI=1S/C21H32N4O3/c1-16-17(4-13-28-16)19(26)24-7-5-21(6-8-24)14-18(23(3)15-21)20(27)25-11-9-22(2)10-12-25/h4,13,18H,5-12,14-15H2,1-3H3. The molecular formula is C21H32N4O3. The van der Waals surface area contributed by atoms with Gasteiger partial charge in [-0.1, -0.05) is 0 Å². The molecule has 3 aliphatic rings. The van der Waals surface area contributed by atoms with Crippen molar-refractivity contribution in [1.82, 2.24) is 19.6 Å². The van der Waals surface area contributed by atoms with E-state index in [4.69, 9.17) is 4.42 Å². The van der Waals surface area contributed by atoms with Crippen molar-refractivity contribution < 1.29 is 14.0 Å². The molecule has 0 saturated carbocycles. The third-order valence-corrected chi connectivity index (χ3v) is 7.04. The van der Waals surface area contributed by atoms with Crippen LogP contribution in [0.2, 0.25) is 0 Å². The molecule has 7 heteroatoms. The molecule has 0 bridgehead atoms. The first-order valence-corrected chi connectivity index (χ1v) is 10.4. The van der Waals surface area contributed by atoms with Crippen LogP contribution in [0.4, 0.5) is 0 Å². The summed E-state index contributed by atoms with van der Waals surface area (Å²) in [5.41, 5.74) is 0.826. The summed E-state index contributed by atoms with van der Waals surface area (Å²) in [7, 11) is 4.19. The molecule has 4 rings (SSSR count). The van der Waals surface area contributed by atoms with Crippen LogP contribution in [0.5, 0.6) is 0 Å². The molecule has 1 atom stereocenters. The van der Waals surface area contributed by atoms with Crippen LogP contribution in [0.3, 0.4) is 0 Å². The molecule has 3 aliphatic heterocycles. The van der Waals surface area contributed by atoms with Crippen molar-refractivity contribution in [3.63, 3.8) is 0 Å². The molecule has 1 spiro atoms. The molecule has 0 radical (unpaired) electrons. The van der Waals surface area contributed by atoms with Crippen molar-refractivity contribution in [3.05, 3.63) is 23.7 Å². The lowest BCUT2D eigenvalue weighted by Crippen LogP contribution is -2.52. The zero-order valence-electron chi connectivity index (χ0n) is 17.3. The number of piperidine rings is 1. The van der Waals surface area contributed by atoms with E-state index in [0.717, 1.165) is 65.1 Å². The number of hydrogen-bond acceptors (Lipinski definition) is 5. The number of likely N-dealkylation sites (tertiary alicyclic amines) is 2. The molecule has 28 heavy (non-hydrogen) atoms. The number of carbonyl (C=O) groups is 2. The van der Waals surface area contributed by atoms with Gasteiger partial charge in [0.2, 0.25) is 5.91 Å². The van der Waals surface area contributed by atoms with Crippen LogP contribution < -0.4 is 0 Å². The highest BCUT2D eigenvalue weighted by Gasteiger charge is 2.48. The molecule has 1 aromatic heterocycles. The summed E-state index contributed by atoms with van der Waals surface area (Å²) in [6.07, 6.45) is 4.43. The van der Waals surface area contributed by atoms with Gasteiger partial charge in [0.05, 0.1) is 17.9 Å².